The third kappa shape index (κ3) is 2.29. The molecule has 0 heterocycles. The molecule has 0 aromatic carbocycles. The van der Waals surface area contributed by atoms with E-state index in [1.165, 1.54) is 6.08 Å². The third-order valence-electron chi connectivity index (χ3n) is 0.758. The van der Waals surface area contributed by atoms with Crippen LogP contribution in [0.5, 0.6) is 0 Å². The molecule has 0 aliphatic carbocycles. The van der Waals surface area contributed by atoms with E-state index in [4.69, 9.17) is 5.41 Å². The van der Waals surface area contributed by atoms with Crippen molar-refractivity contribution in [3.63, 3.8) is 0 Å². The van der Waals surface area contributed by atoms with Crippen LogP contribution in [0.15, 0.2) is 11.6 Å². The van der Waals surface area contributed by atoms with E-state index in [1.807, 2.05) is 13.1 Å². The van der Waals surface area contributed by atoms with Crippen molar-refractivity contribution >= 4 is 12.5 Å². The number of rotatable bonds is 3. The van der Waals surface area contributed by atoms with Gasteiger partial charge >= 0.3 is 0 Å². The maximum absolute atomic E-state index is 9.81. The van der Waals surface area contributed by atoms with Crippen LogP contribution in [0.4, 0.5) is 0 Å². The zero-order chi connectivity index (χ0) is 6.41. The van der Waals surface area contributed by atoms with Gasteiger partial charge in [-0.05, 0) is 12.5 Å². The van der Waals surface area contributed by atoms with E-state index in [-0.39, 0.29) is 0 Å². The summed E-state index contributed by atoms with van der Waals surface area (Å²) in [7, 11) is 0. The first-order valence-electron chi connectivity index (χ1n) is 2.34. The molecule has 0 bridgehead atoms. The van der Waals surface area contributed by atoms with Crippen LogP contribution < -0.4 is 0 Å². The van der Waals surface area contributed by atoms with E-state index in [2.05, 4.69) is 0 Å². The average molecular weight is 109 g/mol. The van der Waals surface area contributed by atoms with Gasteiger partial charge in [0, 0.05) is 5.57 Å². The van der Waals surface area contributed by atoms with Crippen molar-refractivity contribution in [1.29, 1.82) is 5.41 Å². The van der Waals surface area contributed by atoms with Crippen LogP contribution in [0.25, 0.3) is 0 Å². The molecule has 0 aromatic rings. The molecule has 0 saturated carbocycles. The summed E-state index contributed by atoms with van der Waals surface area (Å²) in [6, 6.07) is 0. The molecule has 0 rings (SSSR count). The smallest absolute Gasteiger partial charge is 0.229 e. The quantitative estimate of drug-likeness (QED) is 0.425. The van der Waals surface area contributed by atoms with E-state index in [0.717, 1.165) is 0 Å². The number of hydrogen-bond acceptors (Lipinski definition) is 2. The molecule has 2 heteroatoms. The lowest BCUT2D eigenvalue weighted by atomic mass is 10.2. The normalized spacial score (nSPS) is 10.9. The van der Waals surface area contributed by atoms with Crippen LogP contribution in [0, 0.1) is 5.41 Å². The largest absolute Gasteiger partial charge is 0.299 e. The van der Waals surface area contributed by atoms with E-state index in [9.17, 15) is 4.79 Å². The van der Waals surface area contributed by atoms with Crippen LogP contribution in [-0.4, -0.2) is 12.5 Å². The van der Waals surface area contributed by atoms with Crippen molar-refractivity contribution in [3.8, 4) is 0 Å². The van der Waals surface area contributed by atoms with Crippen molar-refractivity contribution in [2.45, 2.75) is 13.3 Å². The Morgan fingerprint density at radius 1 is 1.88 bits per heavy atom. The Labute approximate surface area is 48.7 Å². The predicted molar refractivity (Wildman–Crippen MR) is 31.8 cm³/mol. The van der Waals surface area contributed by atoms with E-state index in [0.29, 0.717) is 12.0 Å². The molecule has 0 saturated heterocycles. The van der Waals surface area contributed by atoms with Gasteiger partial charge in [-0.1, -0.05) is 6.92 Å². The zero-order valence-electron chi connectivity index (χ0n) is 4.69. The summed E-state index contributed by atoms with van der Waals surface area (Å²) >= 11 is 0. The Morgan fingerprint density at radius 2 is 2.50 bits per heavy atom. The third-order valence-corrected chi connectivity index (χ3v) is 0.758. The molecule has 0 atom stereocenters. The lowest BCUT2D eigenvalue weighted by Gasteiger charge is -1.82. The predicted octanol–water partition coefficient (Wildman–Crippen LogP) is 0.959. The first-order valence-corrected chi connectivity index (χ1v) is 2.34. The summed E-state index contributed by atoms with van der Waals surface area (Å²) in [6.07, 6.45) is 5.61. The number of allylic oxidation sites excluding steroid dienone is 2. The Hall–Kier alpha value is -0.920. The summed E-state index contributed by atoms with van der Waals surface area (Å²) in [5, 5.41) is 6.43. The van der Waals surface area contributed by atoms with Crippen LogP contribution in [-0.2, 0) is 4.79 Å². The monoisotopic (exact) mass is 109 g/mol. The molecule has 0 aliphatic heterocycles. The molecular weight excluding hydrogens is 102 g/mol. The highest BCUT2D eigenvalue weighted by Crippen LogP contribution is 1.91. The van der Waals surface area contributed by atoms with Crippen molar-refractivity contribution in [1.82, 2.24) is 0 Å². The Balaban J connectivity index is 3.84. The molecule has 8 heavy (non-hydrogen) atoms. The second kappa shape index (κ2) is 4.24. The van der Waals surface area contributed by atoms with Crippen LogP contribution in [0.1, 0.15) is 13.3 Å². The highest BCUT2D eigenvalue weighted by Gasteiger charge is 1.86. The van der Waals surface area contributed by atoms with Crippen molar-refractivity contribution in [2.75, 3.05) is 0 Å². The van der Waals surface area contributed by atoms with Crippen molar-refractivity contribution < 1.29 is 4.79 Å². The molecule has 2 radical (unpaired) electrons. The lowest BCUT2D eigenvalue weighted by Crippen LogP contribution is -1.80. The topological polar surface area (TPSA) is 40.9 Å². The maximum atomic E-state index is 9.81. The Bertz CT molecular complexity index is 116. The van der Waals surface area contributed by atoms with Gasteiger partial charge in [0.2, 0.25) is 6.29 Å². The molecule has 0 fully saturated rings. The number of carbonyl (C=O) groups excluding carboxylic acids is 1. The summed E-state index contributed by atoms with van der Waals surface area (Å²) < 4.78 is 0. The second-order valence-corrected chi connectivity index (χ2v) is 1.27. The molecule has 0 spiro atoms. The first-order chi connectivity index (χ1) is 3.85. The van der Waals surface area contributed by atoms with Gasteiger partial charge in [-0.15, -0.1) is 0 Å². The summed E-state index contributed by atoms with van der Waals surface area (Å²) in [5.41, 5.74) is 0.486. The fourth-order valence-electron chi connectivity index (χ4n) is 0.291. The first kappa shape index (κ1) is 7.08. The highest BCUT2D eigenvalue weighted by atomic mass is 16.1. The molecule has 2 nitrogen and oxygen atoms in total. The van der Waals surface area contributed by atoms with Gasteiger partial charge < -0.3 is 0 Å². The average Bonchev–Trinajstić information content (AvgIpc) is 1.83. The van der Waals surface area contributed by atoms with Gasteiger partial charge in [0.1, 0.15) is 0 Å². The number of nitrogens with one attached hydrogen (secondary N) is 1. The second-order valence-electron chi connectivity index (χ2n) is 1.27. The fourth-order valence-corrected chi connectivity index (χ4v) is 0.291. The van der Waals surface area contributed by atoms with Gasteiger partial charge in [0.15, 0.2) is 0 Å². The van der Waals surface area contributed by atoms with E-state index in [1.54, 1.807) is 6.29 Å². The minimum atomic E-state index is 0.486. The molecule has 1 N–H and O–H groups in total. The standard InChI is InChI=1S/C6H7NO/c1-2-6(5-8)3-4-7/h3,7H,2H2,1H3/b6-3-,7-4?. The SMILES string of the molecule is CC/C([C]=O)=C/[C]=N. The van der Waals surface area contributed by atoms with Crippen molar-refractivity contribution in [3.05, 3.63) is 11.6 Å². The fraction of sp³-hybridized carbons (Fsp3) is 0.333. The van der Waals surface area contributed by atoms with Gasteiger partial charge in [0.25, 0.3) is 0 Å². The minimum Gasteiger partial charge on any atom is -0.299 e. The molecule has 0 amide bonds. The minimum absolute atomic E-state index is 0.486. The van der Waals surface area contributed by atoms with Crippen LogP contribution in [0.2, 0.25) is 0 Å². The van der Waals surface area contributed by atoms with Gasteiger partial charge in [-0.25, -0.2) is 0 Å². The van der Waals surface area contributed by atoms with Gasteiger partial charge in [0.05, 0.1) is 6.21 Å². The summed E-state index contributed by atoms with van der Waals surface area (Å²) in [5.74, 6) is 0. The summed E-state index contributed by atoms with van der Waals surface area (Å²) in [4.78, 5) is 9.81. The molecule has 0 aliphatic rings. The van der Waals surface area contributed by atoms with Gasteiger partial charge in [-0.2, -0.15) is 0 Å². The van der Waals surface area contributed by atoms with E-state index >= 15 is 0 Å². The van der Waals surface area contributed by atoms with Crippen LogP contribution in [0.3, 0.4) is 0 Å². The van der Waals surface area contributed by atoms with E-state index < -0.39 is 0 Å². The van der Waals surface area contributed by atoms with Gasteiger partial charge in [-0.3, -0.25) is 10.2 Å². The Kier molecular flexibility index (Phi) is 3.76. The number of hydrogen-bond donors (Lipinski definition) is 1. The molecular formula is C6H7NO. The lowest BCUT2D eigenvalue weighted by molar-refractivity contribution is 0.560. The molecule has 42 valence electrons. The highest BCUT2D eigenvalue weighted by molar-refractivity contribution is 5.82. The Morgan fingerprint density at radius 3 is 2.62 bits per heavy atom. The molecule has 0 aromatic heterocycles. The van der Waals surface area contributed by atoms with Crippen LogP contribution >= 0.6 is 0 Å². The molecule has 0 unspecified atom stereocenters. The zero-order valence-corrected chi connectivity index (χ0v) is 4.69. The summed E-state index contributed by atoms with van der Waals surface area (Å²) in [6.45, 7) is 1.83. The van der Waals surface area contributed by atoms with Crippen molar-refractivity contribution in [2.24, 2.45) is 0 Å². The maximum Gasteiger partial charge on any atom is 0.229 e.